The van der Waals surface area contributed by atoms with Gasteiger partial charge in [0.05, 0.1) is 0 Å². The molecular formula is C14H21NO2. The van der Waals surface area contributed by atoms with Gasteiger partial charge in [0.15, 0.2) is 6.79 Å². The van der Waals surface area contributed by atoms with E-state index >= 15 is 0 Å². The molecule has 2 rings (SSSR count). The van der Waals surface area contributed by atoms with Crippen LogP contribution in [-0.2, 0) is 11.2 Å². The van der Waals surface area contributed by atoms with Crippen LogP contribution in [-0.4, -0.2) is 20.4 Å². The Balaban J connectivity index is 2.23. The van der Waals surface area contributed by atoms with Crippen molar-refractivity contribution in [1.29, 1.82) is 0 Å². The summed E-state index contributed by atoms with van der Waals surface area (Å²) in [7, 11) is 1.65. The van der Waals surface area contributed by atoms with E-state index in [1.54, 1.807) is 7.11 Å². The van der Waals surface area contributed by atoms with Crippen LogP contribution in [0.15, 0.2) is 18.2 Å². The van der Waals surface area contributed by atoms with Crippen LogP contribution >= 0.6 is 0 Å². The van der Waals surface area contributed by atoms with Crippen LogP contribution in [0.2, 0.25) is 0 Å². The molecule has 0 saturated heterocycles. The predicted molar refractivity (Wildman–Crippen MR) is 68.3 cm³/mol. The molecule has 17 heavy (non-hydrogen) atoms. The third-order valence-electron chi connectivity index (χ3n) is 3.25. The summed E-state index contributed by atoms with van der Waals surface area (Å²) in [4.78, 5) is 0. The molecule has 3 heteroatoms. The van der Waals surface area contributed by atoms with Crippen LogP contribution in [0.25, 0.3) is 0 Å². The maximum atomic E-state index is 5.63. The molecule has 1 aliphatic rings. The summed E-state index contributed by atoms with van der Waals surface area (Å²) in [6, 6.07) is 6.79. The van der Waals surface area contributed by atoms with Crippen molar-refractivity contribution in [3.05, 3.63) is 29.3 Å². The number of ether oxygens (including phenoxy) is 2. The highest BCUT2D eigenvalue weighted by molar-refractivity contribution is 5.43. The van der Waals surface area contributed by atoms with E-state index in [-0.39, 0.29) is 0 Å². The number of fused-ring (bicyclic) bond motifs is 1. The second-order valence-corrected chi connectivity index (χ2v) is 4.38. The summed E-state index contributed by atoms with van der Waals surface area (Å²) in [5.41, 5.74) is 2.74. The summed E-state index contributed by atoms with van der Waals surface area (Å²) in [6.07, 6.45) is 3.55. The Morgan fingerprint density at radius 3 is 3.06 bits per heavy atom. The summed E-state index contributed by atoms with van der Waals surface area (Å²) in [5, 5.41) is 3.54. The van der Waals surface area contributed by atoms with E-state index in [9.17, 15) is 0 Å². The number of hydrogen-bond donors (Lipinski definition) is 1. The van der Waals surface area contributed by atoms with Crippen LogP contribution in [0.3, 0.4) is 0 Å². The molecule has 1 unspecified atom stereocenters. The fraction of sp³-hybridized carbons (Fsp3) is 0.571. The van der Waals surface area contributed by atoms with Crippen molar-refractivity contribution >= 4 is 0 Å². The number of nitrogens with one attached hydrogen (secondary N) is 1. The average molecular weight is 235 g/mol. The molecule has 94 valence electrons. The van der Waals surface area contributed by atoms with E-state index in [1.807, 2.05) is 6.07 Å². The molecule has 0 heterocycles. The first-order valence-electron chi connectivity index (χ1n) is 6.33. The Bertz CT molecular complexity index is 365. The highest BCUT2D eigenvalue weighted by Gasteiger charge is 2.21. The van der Waals surface area contributed by atoms with E-state index < -0.39 is 0 Å². The first kappa shape index (κ1) is 12.4. The van der Waals surface area contributed by atoms with Gasteiger partial charge in [-0.05, 0) is 43.0 Å². The van der Waals surface area contributed by atoms with Gasteiger partial charge in [-0.3, -0.25) is 0 Å². The highest BCUT2D eigenvalue weighted by atomic mass is 16.7. The first-order valence-corrected chi connectivity index (χ1v) is 6.33. The van der Waals surface area contributed by atoms with E-state index in [0.29, 0.717) is 12.8 Å². The number of hydrogen-bond acceptors (Lipinski definition) is 3. The Hall–Kier alpha value is -1.06. The predicted octanol–water partition coefficient (Wildman–Crippen LogP) is 2.66. The highest BCUT2D eigenvalue weighted by Crippen LogP contribution is 2.35. The topological polar surface area (TPSA) is 30.5 Å². The molecule has 0 aliphatic heterocycles. The fourth-order valence-corrected chi connectivity index (χ4v) is 2.53. The maximum Gasteiger partial charge on any atom is 0.188 e. The number of rotatable bonds is 5. The third kappa shape index (κ3) is 2.79. The van der Waals surface area contributed by atoms with Gasteiger partial charge in [-0.1, -0.05) is 19.1 Å². The smallest absolute Gasteiger partial charge is 0.188 e. The monoisotopic (exact) mass is 235 g/mol. The Morgan fingerprint density at radius 1 is 1.41 bits per heavy atom. The van der Waals surface area contributed by atoms with Crippen molar-refractivity contribution in [3.63, 3.8) is 0 Å². The van der Waals surface area contributed by atoms with Crippen molar-refractivity contribution in [2.75, 3.05) is 20.4 Å². The zero-order valence-electron chi connectivity index (χ0n) is 10.7. The fourth-order valence-electron chi connectivity index (χ4n) is 2.53. The van der Waals surface area contributed by atoms with Gasteiger partial charge < -0.3 is 14.8 Å². The second kappa shape index (κ2) is 6.03. The minimum Gasteiger partial charge on any atom is -0.467 e. The standard InChI is InChI=1S/C14H21NO2/c1-3-15-13-8-4-7-12-11(13)6-5-9-14(12)17-10-16-2/h5-6,9,13,15H,3-4,7-8,10H2,1-2H3. The summed E-state index contributed by atoms with van der Waals surface area (Å²) in [5.74, 6) is 0.979. The zero-order valence-corrected chi connectivity index (χ0v) is 10.7. The molecular weight excluding hydrogens is 214 g/mol. The molecule has 0 saturated carbocycles. The molecule has 0 fully saturated rings. The summed E-state index contributed by atoms with van der Waals surface area (Å²) < 4.78 is 10.6. The molecule has 0 bridgehead atoms. The van der Waals surface area contributed by atoms with Gasteiger partial charge in [-0.2, -0.15) is 0 Å². The summed E-state index contributed by atoms with van der Waals surface area (Å²) >= 11 is 0. The van der Waals surface area contributed by atoms with Gasteiger partial charge >= 0.3 is 0 Å². The van der Waals surface area contributed by atoms with Crippen LogP contribution < -0.4 is 10.1 Å². The van der Waals surface area contributed by atoms with Crippen LogP contribution in [0.1, 0.15) is 36.9 Å². The maximum absolute atomic E-state index is 5.63. The van der Waals surface area contributed by atoms with E-state index in [1.165, 1.54) is 24.0 Å². The molecule has 0 aromatic heterocycles. The quantitative estimate of drug-likeness (QED) is 0.796. The molecule has 1 N–H and O–H groups in total. The van der Waals surface area contributed by atoms with E-state index in [4.69, 9.17) is 9.47 Å². The number of methoxy groups -OCH3 is 1. The Morgan fingerprint density at radius 2 is 2.29 bits per heavy atom. The molecule has 1 atom stereocenters. The van der Waals surface area contributed by atoms with Gasteiger partial charge in [0, 0.05) is 13.2 Å². The first-order chi connectivity index (χ1) is 8.36. The van der Waals surface area contributed by atoms with Crippen LogP contribution in [0.4, 0.5) is 0 Å². The molecule has 0 amide bonds. The van der Waals surface area contributed by atoms with Crippen molar-refractivity contribution in [2.24, 2.45) is 0 Å². The van der Waals surface area contributed by atoms with E-state index in [2.05, 4.69) is 24.4 Å². The van der Waals surface area contributed by atoms with Crippen LogP contribution in [0, 0.1) is 0 Å². The SMILES string of the molecule is CCNC1CCCc2c(OCOC)cccc21. The lowest BCUT2D eigenvalue weighted by Crippen LogP contribution is -2.25. The molecule has 1 aromatic rings. The molecule has 1 aliphatic carbocycles. The van der Waals surface area contributed by atoms with Gasteiger partial charge in [0.2, 0.25) is 0 Å². The molecule has 3 nitrogen and oxygen atoms in total. The molecule has 0 radical (unpaired) electrons. The number of benzene rings is 1. The second-order valence-electron chi connectivity index (χ2n) is 4.38. The lowest BCUT2D eigenvalue weighted by molar-refractivity contribution is 0.0502. The lowest BCUT2D eigenvalue weighted by atomic mass is 9.87. The third-order valence-corrected chi connectivity index (χ3v) is 3.25. The molecule has 0 spiro atoms. The normalized spacial score (nSPS) is 18.8. The zero-order chi connectivity index (χ0) is 12.1. The van der Waals surface area contributed by atoms with Crippen molar-refractivity contribution in [2.45, 2.75) is 32.2 Å². The Labute approximate surface area is 103 Å². The van der Waals surface area contributed by atoms with E-state index in [0.717, 1.165) is 18.7 Å². The van der Waals surface area contributed by atoms with Gasteiger partial charge in [-0.25, -0.2) is 0 Å². The van der Waals surface area contributed by atoms with Crippen molar-refractivity contribution in [3.8, 4) is 5.75 Å². The van der Waals surface area contributed by atoms with Crippen LogP contribution in [0.5, 0.6) is 5.75 Å². The van der Waals surface area contributed by atoms with Gasteiger partial charge in [0.25, 0.3) is 0 Å². The Kier molecular flexibility index (Phi) is 4.40. The van der Waals surface area contributed by atoms with Crippen molar-refractivity contribution < 1.29 is 9.47 Å². The molecule has 1 aromatic carbocycles. The van der Waals surface area contributed by atoms with Gasteiger partial charge in [-0.15, -0.1) is 0 Å². The lowest BCUT2D eigenvalue weighted by Gasteiger charge is -2.27. The van der Waals surface area contributed by atoms with Crippen molar-refractivity contribution in [1.82, 2.24) is 5.32 Å². The largest absolute Gasteiger partial charge is 0.467 e. The minimum atomic E-state index is 0.322. The summed E-state index contributed by atoms with van der Waals surface area (Å²) in [6.45, 7) is 3.48. The minimum absolute atomic E-state index is 0.322. The van der Waals surface area contributed by atoms with Gasteiger partial charge in [0.1, 0.15) is 5.75 Å². The average Bonchev–Trinajstić information content (AvgIpc) is 2.37.